The van der Waals surface area contributed by atoms with E-state index in [4.69, 9.17) is 16.3 Å². The minimum Gasteiger partial charge on any atom is -0.492 e. The predicted molar refractivity (Wildman–Crippen MR) is 75.0 cm³/mol. The molecule has 2 rings (SSSR count). The molecule has 1 aliphatic heterocycles. The molecule has 0 amide bonds. The van der Waals surface area contributed by atoms with Gasteiger partial charge in [-0.05, 0) is 43.7 Å². The molecule has 0 bridgehead atoms. The summed E-state index contributed by atoms with van der Waals surface area (Å²) in [5.41, 5.74) is 0. The number of rotatable bonds is 5. The van der Waals surface area contributed by atoms with Gasteiger partial charge in [-0.1, -0.05) is 15.9 Å². The molecule has 1 heterocycles. The number of ether oxygens (including phenoxy) is 1. The highest BCUT2D eigenvalue weighted by atomic mass is 79.9. The monoisotopic (exact) mass is 317 g/mol. The lowest BCUT2D eigenvalue weighted by molar-refractivity contribution is 0.206. The Bertz CT molecular complexity index is 344. The minimum absolute atomic E-state index is 0.546. The first-order valence-electron chi connectivity index (χ1n) is 5.98. The van der Waals surface area contributed by atoms with Crippen LogP contribution in [0.1, 0.15) is 12.8 Å². The van der Waals surface area contributed by atoms with E-state index in [1.54, 1.807) is 0 Å². The topological polar surface area (TPSA) is 12.5 Å². The second-order valence-corrected chi connectivity index (χ2v) is 5.51. The third kappa shape index (κ3) is 3.87. The van der Waals surface area contributed by atoms with Crippen molar-refractivity contribution in [1.82, 2.24) is 4.90 Å². The molecule has 2 nitrogen and oxygen atoms in total. The molecule has 0 spiro atoms. The van der Waals surface area contributed by atoms with Crippen molar-refractivity contribution in [3.8, 4) is 5.75 Å². The average Bonchev–Trinajstić information content (AvgIpc) is 2.79. The van der Waals surface area contributed by atoms with Crippen LogP contribution in [0.2, 0.25) is 0 Å². The molecule has 1 unspecified atom stereocenters. The zero-order chi connectivity index (χ0) is 12.1. The van der Waals surface area contributed by atoms with Gasteiger partial charge in [-0.2, -0.15) is 0 Å². The van der Waals surface area contributed by atoms with E-state index in [1.165, 1.54) is 12.8 Å². The van der Waals surface area contributed by atoms with E-state index >= 15 is 0 Å². The summed E-state index contributed by atoms with van der Waals surface area (Å²) in [4.78, 5) is 2.42. The molecule has 17 heavy (non-hydrogen) atoms. The van der Waals surface area contributed by atoms with Crippen LogP contribution in [-0.2, 0) is 0 Å². The highest BCUT2D eigenvalue weighted by Gasteiger charge is 2.22. The van der Waals surface area contributed by atoms with Crippen molar-refractivity contribution in [3.63, 3.8) is 0 Å². The highest BCUT2D eigenvalue weighted by molar-refractivity contribution is 9.10. The van der Waals surface area contributed by atoms with E-state index in [-0.39, 0.29) is 0 Å². The van der Waals surface area contributed by atoms with E-state index in [1.807, 2.05) is 24.3 Å². The van der Waals surface area contributed by atoms with Gasteiger partial charge in [-0.3, -0.25) is 4.90 Å². The van der Waals surface area contributed by atoms with Crippen LogP contribution in [0.15, 0.2) is 28.7 Å². The van der Waals surface area contributed by atoms with E-state index < -0.39 is 0 Å². The van der Waals surface area contributed by atoms with Gasteiger partial charge in [-0.15, -0.1) is 11.6 Å². The molecule has 1 aromatic carbocycles. The van der Waals surface area contributed by atoms with Gasteiger partial charge in [0.05, 0.1) is 0 Å². The standard InChI is InChI=1S/C13H17BrClNO/c14-11-3-5-13(6-4-11)17-9-8-16-7-1-2-12(16)10-15/h3-6,12H,1-2,7-10H2. The van der Waals surface area contributed by atoms with Crippen LogP contribution in [-0.4, -0.2) is 36.5 Å². The number of hydrogen-bond donors (Lipinski definition) is 0. The van der Waals surface area contributed by atoms with Gasteiger partial charge < -0.3 is 4.74 Å². The smallest absolute Gasteiger partial charge is 0.119 e. The summed E-state index contributed by atoms with van der Waals surface area (Å²) in [6.45, 7) is 2.85. The number of alkyl halides is 1. The Morgan fingerprint density at radius 1 is 1.35 bits per heavy atom. The van der Waals surface area contributed by atoms with Crippen LogP contribution < -0.4 is 4.74 Å². The Labute approximate surface area is 116 Å². The maximum atomic E-state index is 5.93. The lowest BCUT2D eigenvalue weighted by Crippen LogP contribution is -2.34. The SMILES string of the molecule is ClCC1CCCN1CCOc1ccc(Br)cc1. The largest absolute Gasteiger partial charge is 0.492 e. The van der Waals surface area contributed by atoms with Gasteiger partial charge in [0.15, 0.2) is 0 Å². The lowest BCUT2D eigenvalue weighted by atomic mass is 10.2. The summed E-state index contributed by atoms with van der Waals surface area (Å²) in [6.07, 6.45) is 2.48. The first-order valence-corrected chi connectivity index (χ1v) is 7.31. The Morgan fingerprint density at radius 2 is 2.12 bits per heavy atom. The minimum atomic E-state index is 0.546. The molecule has 1 saturated heterocycles. The van der Waals surface area contributed by atoms with Crippen molar-refractivity contribution in [1.29, 1.82) is 0 Å². The number of halogens is 2. The fraction of sp³-hybridized carbons (Fsp3) is 0.538. The zero-order valence-electron chi connectivity index (χ0n) is 9.74. The number of benzene rings is 1. The third-order valence-corrected chi connectivity index (χ3v) is 4.02. The van der Waals surface area contributed by atoms with Crippen molar-refractivity contribution in [2.45, 2.75) is 18.9 Å². The predicted octanol–water partition coefficient (Wildman–Crippen LogP) is 3.53. The summed E-state index contributed by atoms with van der Waals surface area (Å²) >= 11 is 9.33. The Kier molecular flexibility index (Phi) is 5.14. The van der Waals surface area contributed by atoms with Crippen LogP contribution in [0.25, 0.3) is 0 Å². The average molecular weight is 319 g/mol. The summed E-state index contributed by atoms with van der Waals surface area (Å²) in [7, 11) is 0. The number of nitrogens with zero attached hydrogens (tertiary/aromatic N) is 1. The van der Waals surface area contributed by atoms with Crippen molar-refractivity contribution in [3.05, 3.63) is 28.7 Å². The third-order valence-electron chi connectivity index (χ3n) is 3.14. The van der Waals surface area contributed by atoms with Gasteiger partial charge in [0.25, 0.3) is 0 Å². The maximum absolute atomic E-state index is 5.93. The Morgan fingerprint density at radius 3 is 2.82 bits per heavy atom. The molecule has 0 radical (unpaired) electrons. The lowest BCUT2D eigenvalue weighted by Gasteiger charge is -2.22. The Hall–Kier alpha value is -0.250. The molecule has 0 aromatic heterocycles. The van der Waals surface area contributed by atoms with Crippen LogP contribution in [0.4, 0.5) is 0 Å². The first-order chi connectivity index (χ1) is 8.29. The van der Waals surface area contributed by atoms with E-state index in [0.717, 1.165) is 35.8 Å². The van der Waals surface area contributed by atoms with Gasteiger partial charge in [-0.25, -0.2) is 0 Å². The Balaban J connectivity index is 1.74. The van der Waals surface area contributed by atoms with E-state index in [9.17, 15) is 0 Å². The summed E-state index contributed by atoms with van der Waals surface area (Å²) in [6, 6.07) is 8.49. The fourth-order valence-corrected chi connectivity index (χ4v) is 2.79. The molecule has 1 aromatic rings. The summed E-state index contributed by atoms with van der Waals surface area (Å²) in [5, 5.41) is 0. The van der Waals surface area contributed by atoms with Gasteiger partial charge in [0.1, 0.15) is 12.4 Å². The molecule has 1 fully saturated rings. The zero-order valence-corrected chi connectivity index (χ0v) is 12.1. The van der Waals surface area contributed by atoms with E-state index in [0.29, 0.717) is 6.04 Å². The van der Waals surface area contributed by atoms with Crippen LogP contribution in [0.5, 0.6) is 5.75 Å². The molecule has 1 aliphatic rings. The van der Waals surface area contributed by atoms with Crippen molar-refractivity contribution < 1.29 is 4.74 Å². The highest BCUT2D eigenvalue weighted by Crippen LogP contribution is 2.19. The normalized spacial score (nSPS) is 20.7. The molecular formula is C13H17BrClNO. The molecule has 0 saturated carbocycles. The first kappa shape index (κ1) is 13.2. The van der Waals surface area contributed by atoms with E-state index in [2.05, 4.69) is 20.8 Å². The molecule has 0 N–H and O–H groups in total. The van der Waals surface area contributed by atoms with Crippen molar-refractivity contribution >= 4 is 27.5 Å². The van der Waals surface area contributed by atoms with Gasteiger partial charge in [0.2, 0.25) is 0 Å². The van der Waals surface area contributed by atoms with Gasteiger partial charge >= 0.3 is 0 Å². The molecule has 0 aliphatic carbocycles. The molecular weight excluding hydrogens is 302 g/mol. The summed E-state index contributed by atoms with van der Waals surface area (Å²) < 4.78 is 6.79. The van der Waals surface area contributed by atoms with Crippen LogP contribution >= 0.6 is 27.5 Å². The summed E-state index contributed by atoms with van der Waals surface area (Å²) in [5.74, 6) is 1.66. The fourth-order valence-electron chi connectivity index (χ4n) is 2.18. The maximum Gasteiger partial charge on any atom is 0.119 e. The van der Waals surface area contributed by atoms with Crippen LogP contribution in [0, 0.1) is 0 Å². The van der Waals surface area contributed by atoms with Crippen LogP contribution in [0.3, 0.4) is 0 Å². The second-order valence-electron chi connectivity index (χ2n) is 4.29. The number of likely N-dealkylation sites (tertiary alicyclic amines) is 1. The number of hydrogen-bond acceptors (Lipinski definition) is 2. The van der Waals surface area contributed by atoms with Crippen molar-refractivity contribution in [2.75, 3.05) is 25.6 Å². The van der Waals surface area contributed by atoms with Gasteiger partial charge in [0, 0.05) is 22.9 Å². The molecule has 4 heteroatoms. The molecule has 1 atom stereocenters. The molecule has 94 valence electrons. The van der Waals surface area contributed by atoms with Crippen molar-refractivity contribution in [2.24, 2.45) is 0 Å². The quantitative estimate of drug-likeness (QED) is 0.770. The second kappa shape index (κ2) is 6.62.